The van der Waals surface area contributed by atoms with E-state index in [0.717, 1.165) is 16.5 Å². The maximum Gasteiger partial charge on any atom is 0.249 e. The van der Waals surface area contributed by atoms with Crippen molar-refractivity contribution in [1.29, 1.82) is 0 Å². The van der Waals surface area contributed by atoms with Crippen molar-refractivity contribution in [3.05, 3.63) is 35.9 Å². The fourth-order valence-corrected chi connectivity index (χ4v) is 6.38. The molecule has 9 heteroatoms. The highest BCUT2D eigenvalue weighted by atomic mass is 32.2. The molecule has 3 heterocycles. The minimum Gasteiger partial charge on any atom is -0.315 e. The molecule has 0 aliphatic carbocycles. The topological polar surface area (TPSA) is 75.2 Å². The van der Waals surface area contributed by atoms with Crippen molar-refractivity contribution < 1.29 is 9.59 Å². The number of carbonyl (C=O) groups excluding carboxylic acids is 2. The molecule has 2 amide bonds. The summed E-state index contributed by atoms with van der Waals surface area (Å²) in [5, 5.41) is 11.5. The fourth-order valence-electron chi connectivity index (χ4n) is 3.24. The van der Waals surface area contributed by atoms with E-state index in [-0.39, 0.29) is 16.7 Å². The van der Waals surface area contributed by atoms with Gasteiger partial charge in [-0.1, -0.05) is 53.4 Å². The van der Waals surface area contributed by atoms with Crippen molar-refractivity contribution in [3.8, 4) is 0 Å². The minimum atomic E-state index is -0.427. The summed E-state index contributed by atoms with van der Waals surface area (Å²) in [5.41, 5.74) is 1.22. The third-order valence-electron chi connectivity index (χ3n) is 4.59. The van der Waals surface area contributed by atoms with Crippen molar-refractivity contribution >= 4 is 51.8 Å². The Bertz CT molecular complexity index is 828. The summed E-state index contributed by atoms with van der Waals surface area (Å²) in [6.07, 6.45) is 1.33. The van der Waals surface area contributed by atoms with E-state index in [4.69, 9.17) is 0 Å². The predicted molar refractivity (Wildman–Crippen MR) is 105 cm³/mol. The Kier molecular flexibility index (Phi) is 4.94. The zero-order valence-corrected chi connectivity index (χ0v) is 16.6. The number of amides is 2. The normalized spacial score (nSPS) is 24.7. The van der Waals surface area contributed by atoms with Crippen molar-refractivity contribution in [2.24, 2.45) is 0 Å². The number of carbonyl (C=O) groups is 2. The van der Waals surface area contributed by atoms with Crippen LogP contribution >= 0.6 is 34.9 Å². The van der Waals surface area contributed by atoms with Crippen LogP contribution in [-0.2, 0) is 15.3 Å². The van der Waals surface area contributed by atoms with E-state index < -0.39 is 6.04 Å². The third-order valence-corrected chi connectivity index (χ3v) is 8.14. The molecule has 0 saturated carbocycles. The molecule has 0 unspecified atom stereocenters. The van der Waals surface area contributed by atoms with Gasteiger partial charge in [-0.15, -0.1) is 22.0 Å². The van der Waals surface area contributed by atoms with Crippen LogP contribution < -0.4 is 5.32 Å². The van der Waals surface area contributed by atoms with E-state index in [1.807, 2.05) is 25.1 Å². The molecule has 0 radical (unpaired) electrons. The summed E-state index contributed by atoms with van der Waals surface area (Å²) in [6, 6.07) is 9.72. The summed E-state index contributed by atoms with van der Waals surface area (Å²) in [5.74, 6) is 1.33. The first-order chi connectivity index (χ1) is 12.5. The Morgan fingerprint density at radius 1 is 1.38 bits per heavy atom. The molecule has 4 rings (SSSR count). The van der Waals surface area contributed by atoms with Crippen LogP contribution in [-0.4, -0.2) is 43.6 Å². The lowest BCUT2D eigenvalue weighted by Gasteiger charge is -2.29. The summed E-state index contributed by atoms with van der Waals surface area (Å²) in [4.78, 5) is 26.3. The van der Waals surface area contributed by atoms with Crippen LogP contribution in [0.5, 0.6) is 0 Å². The van der Waals surface area contributed by atoms with Crippen LogP contribution in [0.1, 0.15) is 25.3 Å². The van der Waals surface area contributed by atoms with E-state index in [0.29, 0.717) is 17.3 Å². The van der Waals surface area contributed by atoms with Gasteiger partial charge in [-0.3, -0.25) is 14.9 Å². The fraction of sp³-hybridized carbons (Fsp3) is 0.412. The standard InChI is InChI=1S/C17H18N4O2S3/c1-17-8-7-13(22)21(17)12(10-25-17)14(23)18-15-19-20-16(26-15)24-9-11-5-3-2-4-6-11/h2-6,12H,7-10H2,1H3,(H,18,19,23)/t12-,17-/m0/s1. The van der Waals surface area contributed by atoms with Crippen LogP contribution in [0.25, 0.3) is 0 Å². The van der Waals surface area contributed by atoms with Gasteiger partial charge in [-0.05, 0) is 18.9 Å². The average Bonchev–Trinajstić information content (AvgIpc) is 3.30. The SMILES string of the molecule is C[C@]12CCC(=O)N1[C@H](C(=O)Nc1nnc(SCc3ccccc3)s1)CS2. The van der Waals surface area contributed by atoms with Crippen LogP contribution in [0.2, 0.25) is 0 Å². The Balaban J connectivity index is 1.37. The zero-order valence-electron chi connectivity index (χ0n) is 14.2. The maximum atomic E-state index is 12.6. The number of hydrogen-bond acceptors (Lipinski definition) is 7. The summed E-state index contributed by atoms with van der Waals surface area (Å²) in [7, 11) is 0. The molecule has 2 aliphatic rings. The number of aromatic nitrogens is 2. The second-order valence-electron chi connectivity index (χ2n) is 6.40. The number of hydrogen-bond donors (Lipinski definition) is 1. The lowest BCUT2D eigenvalue weighted by Crippen LogP contribution is -2.48. The molecule has 1 N–H and O–H groups in total. The van der Waals surface area contributed by atoms with Gasteiger partial charge >= 0.3 is 0 Å². The lowest BCUT2D eigenvalue weighted by atomic mass is 10.2. The first-order valence-electron chi connectivity index (χ1n) is 8.32. The van der Waals surface area contributed by atoms with Crippen molar-refractivity contribution in [3.63, 3.8) is 0 Å². The minimum absolute atomic E-state index is 0.0639. The number of anilines is 1. The van der Waals surface area contributed by atoms with Gasteiger partial charge in [-0.2, -0.15) is 0 Å². The Morgan fingerprint density at radius 3 is 3.00 bits per heavy atom. The molecule has 0 bridgehead atoms. The number of benzene rings is 1. The van der Waals surface area contributed by atoms with Gasteiger partial charge in [-0.25, -0.2) is 0 Å². The Labute approximate surface area is 164 Å². The molecule has 1 aromatic carbocycles. The quantitative estimate of drug-likeness (QED) is 0.607. The van der Waals surface area contributed by atoms with E-state index in [1.54, 1.807) is 28.4 Å². The largest absolute Gasteiger partial charge is 0.315 e. The van der Waals surface area contributed by atoms with E-state index in [2.05, 4.69) is 27.6 Å². The van der Waals surface area contributed by atoms with Gasteiger partial charge in [0.15, 0.2) is 4.34 Å². The van der Waals surface area contributed by atoms with Gasteiger partial charge in [0.1, 0.15) is 6.04 Å². The van der Waals surface area contributed by atoms with Crippen LogP contribution in [0, 0.1) is 0 Å². The third kappa shape index (κ3) is 3.47. The van der Waals surface area contributed by atoms with Gasteiger partial charge in [0.05, 0.1) is 4.87 Å². The molecule has 1 aromatic heterocycles. The Hall–Kier alpha value is -1.58. The lowest BCUT2D eigenvalue weighted by molar-refractivity contribution is -0.135. The van der Waals surface area contributed by atoms with Gasteiger partial charge in [0.25, 0.3) is 0 Å². The average molecular weight is 407 g/mol. The predicted octanol–water partition coefficient (Wildman–Crippen LogP) is 3.22. The van der Waals surface area contributed by atoms with Gasteiger partial charge < -0.3 is 4.90 Å². The van der Waals surface area contributed by atoms with Crippen molar-refractivity contribution in [2.75, 3.05) is 11.1 Å². The second kappa shape index (κ2) is 7.21. The first-order valence-corrected chi connectivity index (χ1v) is 11.1. The molecule has 136 valence electrons. The van der Waals surface area contributed by atoms with E-state index in [1.165, 1.54) is 16.9 Å². The van der Waals surface area contributed by atoms with Crippen molar-refractivity contribution in [2.45, 2.75) is 40.8 Å². The van der Waals surface area contributed by atoms with Crippen molar-refractivity contribution in [1.82, 2.24) is 15.1 Å². The highest BCUT2D eigenvalue weighted by Gasteiger charge is 2.52. The molecular formula is C17H18N4O2S3. The molecule has 2 saturated heterocycles. The monoisotopic (exact) mass is 406 g/mol. The number of rotatable bonds is 5. The van der Waals surface area contributed by atoms with Gasteiger partial charge in [0, 0.05) is 17.9 Å². The molecule has 2 atom stereocenters. The van der Waals surface area contributed by atoms with Crippen LogP contribution in [0.3, 0.4) is 0 Å². The smallest absolute Gasteiger partial charge is 0.249 e. The molecule has 2 aliphatic heterocycles. The van der Waals surface area contributed by atoms with Crippen LogP contribution in [0.4, 0.5) is 5.13 Å². The molecule has 2 aromatic rings. The number of thioether (sulfide) groups is 2. The molecule has 0 spiro atoms. The number of fused-ring (bicyclic) bond motifs is 1. The Morgan fingerprint density at radius 2 is 2.19 bits per heavy atom. The highest BCUT2D eigenvalue weighted by molar-refractivity contribution is 8.01. The summed E-state index contributed by atoms with van der Waals surface area (Å²) in [6.45, 7) is 2.04. The summed E-state index contributed by atoms with van der Waals surface area (Å²) >= 11 is 4.64. The molecule has 6 nitrogen and oxygen atoms in total. The van der Waals surface area contributed by atoms with Gasteiger partial charge in [0.2, 0.25) is 16.9 Å². The maximum absolute atomic E-state index is 12.6. The van der Waals surface area contributed by atoms with E-state index in [9.17, 15) is 9.59 Å². The second-order valence-corrected chi connectivity index (χ2v) is 10.1. The highest BCUT2D eigenvalue weighted by Crippen LogP contribution is 2.47. The number of nitrogens with zero attached hydrogens (tertiary/aromatic N) is 3. The molecule has 2 fully saturated rings. The molecule has 26 heavy (non-hydrogen) atoms. The molecular weight excluding hydrogens is 388 g/mol. The summed E-state index contributed by atoms with van der Waals surface area (Å²) < 4.78 is 0.812. The first kappa shape index (κ1) is 17.8. The number of nitrogens with one attached hydrogen (secondary N) is 1. The van der Waals surface area contributed by atoms with E-state index >= 15 is 0 Å². The zero-order chi connectivity index (χ0) is 18.1. The van der Waals surface area contributed by atoms with Crippen LogP contribution in [0.15, 0.2) is 34.7 Å².